The Labute approximate surface area is 174 Å². The van der Waals surface area contributed by atoms with E-state index in [1.165, 1.54) is 31.4 Å². The standard InChI is InChI=1S/C20H17F3N2O4S/c1-29-16-11(9-15-18(27)25-19(28)30-15)6-4-7-13(16)17(26)24-10-12-5-2-3-8-14(12)20(21,22)23/h2-8,15H,9-10H2,1H3,(H,24,26)(H,25,27,28). The van der Waals surface area contributed by atoms with Gasteiger partial charge in [0.2, 0.25) is 5.91 Å². The van der Waals surface area contributed by atoms with Crippen molar-refractivity contribution in [2.45, 2.75) is 24.4 Å². The van der Waals surface area contributed by atoms with Crippen LogP contribution in [-0.2, 0) is 23.9 Å². The van der Waals surface area contributed by atoms with E-state index in [4.69, 9.17) is 4.74 Å². The molecular weight excluding hydrogens is 421 g/mol. The lowest BCUT2D eigenvalue weighted by Gasteiger charge is -2.16. The molecule has 1 atom stereocenters. The fourth-order valence-electron chi connectivity index (χ4n) is 3.11. The summed E-state index contributed by atoms with van der Waals surface area (Å²) < 4.78 is 44.7. The first-order valence-electron chi connectivity index (χ1n) is 8.81. The fourth-order valence-corrected chi connectivity index (χ4v) is 3.96. The van der Waals surface area contributed by atoms with Crippen LogP contribution in [0, 0.1) is 0 Å². The van der Waals surface area contributed by atoms with E-state index in [0.717, 1.165) is 17.8 Å². The van der Waals surface area contributed by atoms with Gasteiger partial charge in [-0.3, -0.25) is 19.7 Å². The number of amides is 3. The number of benzene rings is 2. The van der Waals surface area contributed by atoms with Crippen molar-refractivity contribution in [3.05, 3.63) is 64.7 Å². The van der Waals surface area contributed by atoms with Gasteiger partial charge >= 0.3 is 6.18 Å². The summed E-state index contributed by atoms with van der Waals surface area (Å²) in [7, 11) is 1.35. The van der Waals surface area contributed by atoms with Crippen molar-refractivity contribution >= 4 is 28.8 Å². The third kappa shape index (κ3) is 4.76. The van der Waals surface area contributed by atoms with Crippen LogP contribution in [0.1, 0.15) is 27.0 Å². The van der Waals surface area contributed by atoms with Crippen LogP contribution >= 0.6 is 11.8 Å². The number of rotatable bonds is 6. The number of imide groups is 1. The number of carbonyl (C=O) groups is 3. The number of thioether (sulfide) groups is 1. The third-order valence-electron chi connectivity index (χ3n) is 4.48. The van der Waals surface area contributed by atoms with Gasteiger partial charge in [-0.05, 0) is 29.7 Å². The Morgan fingerprint density at radius 3 is 2.47 bits per heavy atom. The molecule has 0 bridgehead atoms. The minimum absolute atomic E-state index is 0.0639. The van der Waals surface area contributed by atoms with Gasteiger partial charge in [-0.1, -0.05) is 42.1 Å². The van der Waals surface area contributed by atoms with Crippen molar-refractivity contribution in [2.75, 3.05) is 7.11 Å². The summed E-state index contributed by atoms with van der Waals surface area (Å²) in [5.74, 6) is -0.845. The Morgan fingerprint density at radius 1 is 1.13 bits per heavy atom. The first-order chi connectivity index (χ1) is 14.2. The molecule has 10 heteroatoms. The van der Waals surface area contributed by atoms with Crippen LogP contribution in [0.4, 0.5) is 18.0 Å². The van der Waals surface area contributed by atoms with Crippen molar-refractivity contribution in [3.8, 4) is 5.75 Å². The van der Waals surface area contributed by atoms with Gasteiger partial charge in [0.1, 0.15) is 5.75 Å². The molecule has 0 saturated carbocycles. The Bertz CT molecular complexity index is 994. The predicted molar refractivity (Wildman–Crippen MR) is 104 cm³/mol. The van der Waals surface area contributed by atoms with E-state index in [2.05, 4.69) is 10.6 Å². The summed E-state index contributed by atoms with van der Waals surface area (Å²) in [6, 6.07) is 9.70. The van der Waals surface area contributed by atoms with Crippen LogP contribution in [0.15, 0.2) is 42.5 Å². The van der Waals surface area contributed by atoms with Crippen LogP contribution in [-0.4, -0.2) is 29.4 Å². The van der Waals surface area contributed by atoms with E-state index in [1.54, 1.807) is 12.1 Å². The van der Waals surface area contributed by atoms with E-state index >= 15 is 0 Å². The van der Waals surface area contributed by atoms with Crippen molar-refractivity contribution < 1.29 is 32.3 Å². The maximum absolute atomic E-state index is 13.1. The topological polar surface area (TPSA) is 84.5 Å². The van der Waals surface area contributed by atoms with Gasteiger partial charge in [-0.15, -0.1) is 0 Å². The second kappa shape index (κ2) is 8.78. The smallest absolute Gasteiger partial charge is 0.416 e. The highest BCUT2D eigenvalue weighted by Gasteiger charge is 2.34. The number of ether oxygens (including phenoxy) is 1. The zero-order chi connectivity index (χ0) is 21.9. The molecule has 0 aromatic heterocycles. The van der Waals surface area contributed by atoms with Crippen molar-refractivity contribution in [2.24, 2.45) is 0 Å². The number of hydrogen-bond donors (Lipinski definition) is 2. The van der Waals surface area contributed by atoms with Gasteiger partial charge in [0, 0.05) is 6.54 Å². The maximum Gasteiger partial charge on any atom is 0.416 e. The SMILES string of the molecule is COc1c(CC2SC(=O)NC2=O)cccc1C(=O)NCc1ccccc1C(F)(F)F. The second-order valence-corrected chi connectivity index (χ2v) is 7.60. The van der Waals surface area contributed by atoms with E-state index < -0.39 is 34.0 Å². The first-order valence-corrected chi connectivity index (χ1v) is 9.69. The second-order valence-electron chi connectivity index (χ2n) is 6.42. The minimum atomic E-state index is -4.53. The molecule has 0 spiro atoms. The van der Waals surface area contributed by atoms with E-state index in [0.29, 0.717) is 5.56 Å². The molecule has 3 amide bonds. The number of alkyl halides is 3. The number of para-hydroxylation sites is 1. The van der Waals surface area contributed by atoms with E-state index in [-0.39, 0.29) is 29.8 Å². The van der Waals surface area contributed by atoms with Crippen LogP contribution in [0.2, 0.25) is 0 Å². The van der Waals surface area contributed by atoms with E-state index in [1.807, 2.05) is 0 Å². The average molecular weight is 438 g/mol. The molecule has 3 rings (SSSR count). The average Bonchev–Trinajstić information content (AvgIpc) is 3.02. The number of halogens is 3. The van der Waals surface area contributed by atoms with Crippen molar-refractivity contribution in [1.82, 2.24) is 10.6 Å². The molecule has 1 aliphatic rings. The molecule has 6 nitrogen and oxygen atoms in total. The molecule has 1 heterocycles. The summed E-state index contributed by atoms with van der Waals surface area (Å²) in [6.45, 7) is -0.322. The van der Waals surface area contributed by atoms with Crippen LogP contribution < -0.4 is 15.4 Å². The fraction of sp³-hybridized carbons (Fsp3) is 0.250. The maximum atomic E-state index is 13.1. The molecule has 158 valence electrons. The highest BCUT2D eigenvalue weighted by molar-refractivity contribution is 8.15. The molecule has 2 N–H and O–H groups in total. The summed E-state index contributed by atoms with van der Waals surface area (Å²) >= 11 is 0.851. The summed E-state index contributed by atoms with van der Waals surface area (Å²) in [5.41, 5.74) is -0.233. The normalized spacial score (nSPS) is 16.3. The summed E-state index contributed by atoms with van der Waals surface area (Å²) in [5, 5.41) is 3.58. The van der Waals surface area contributed by atoms with Crippen LogP contribution in [0.25, 0.3) is 0 Å². The molecule has 1 fully saturated rings. The largest absolute Gasteiger partial charge is 0.496 e. The summed E-state index contributed by atoms with van der Waals surface area (Å²) in [6.07, 6.45) is -4.38. The molecule has 30 heavy (non-hydrogen) atoms. The monoisotopic (exact) mass is 438 g/mol. The minimum Gasteiger partial charge on any atom is -0.496 e. The van der Waals surface area contributed by atoms with Gasteiger partial charge in [0.25, 0.3) is 11.1 Å². The Hall–Kier alpha value is -3.01. The summed E-state index contributed by atoms with van der Waals surface area (Å²) in [4.78, 5) is 35.8. The van der Waals surface area contributed by atoms with Gasteiger partial charge in [-0.2, -0.15) is 13.2 Å². The number of methoxy groups -OCH3 is 1. The lowest BCUT2D eigenvalue weighted by Crippen LogP contribution is -2.27. The van der Waals surface area contributed by atoms with Gasteiger partial charge < -0.3 is 10.1 Å². The highest BCUT2D eigenvalue weighted by Crippen LogP contribution is 2.32. The molecule has 2 aromatic carbocycles. The lowest BCUT2D eigenvalue weighted by molar-refractivity contribution is -0.138. The quantitative estimate of drug-likeness (QED) is 0.721. The Kier molecular flexibility index (Phi) is 6.35. The van der Waals surface area contributed by atoms with Gasteiger partial charge in [-0.25, -0.2) is 0 Å². The molecule has 1 aliphatic heterocycles. The molecule has 1 saturated heterocycles. The molecular formula is C20H17F3N2O4S. The number of hydrogen-bond acceptors (Lipinski definition) is 5. The third-order valence-corrected chi connectivity index (χ3v) is 5.46. The molecule has 2 aromatic rings. The zero-order valence-corrected chi connectivity index (χ0v) is 16.5. The van der Waals surface area contributed by atoms with Crippen LogP contribution in [0.5, 0.6) is 5.75 Å². The molecule has 0 aliphatic carbocycles. The van der Waals surface area contributed by atoms with Crippen molar-refractivity contribution in [1.29, 1.82) is 0 Å². The molecule has 1 unspecified atom stereocenters. The number of nitrogens with one attached hydrogen (secondary N) is 2. The lowest BCUT2D eigenvalue weighted by atomic mass is 10.0. The Morgan fingerprint density at radius 2 is 1.83 bits per heavy atom. The predicted octanol–water partition coefficient (Wildman–Crippen LogP) is 3.54. The molecule has 0 radical (unpaired) electrons. The highest BCUT2D eigenvalue weighted by atomic mass is 32.2. The zero-order valence-electron chi connectivity index (χ0n) is 15.7. The van der Waals surface area contributed by atoms with Crippen molar-refractivity contribution in [3.63, 3.8) is 0 Å². The first kappa shape index (κ1) is 21.7. The number of carbonyl (C=O) groups excluding carboxylic acids is 3. The van der Waals surface area contributed by atoms with E-state index in [9.17, 15) is 27.6 Å². The van der Waals surface area contributed by atoms with Crippen LogP contribution in [0.3, 0.4) is 0 Å². The Balaban J connectivity index is 1.79. The van der Waals surface area contributed by atoms with Gasteiger partial charge in [0.15, 0.2) is 0 Å². The van der Waals surface area contributed by atoms with Gasteiger partial charge in [0.05, 0.1) is 23.5 Å².